The molecule has 3 atom stereocenters. The van der Waals surface area contributed by atoms with Crippen molar-refractivity contribution in [1.82, 2.24) is 30.2 Å². The largest absolute Gasteiger partial charge is 0.344 e. The Hall–Kier alpha value is -3.80. The first kappa shape index (κ1) is 32.1. The van der Waals surface area contributed by atoms with Crippen LogP contribution >= 0.6 is 0 Å². The van der Waals surface area contributed by atoms with Crippen molar-refractivity contribution in [2.75, 3.05) is 38.5 Å². The number of nitrogens with one attached hydrogen (secondary N) is 3. The van der Waals surface area contributed by atoms with E-state index in [1.807, 2.05) is 7.05 Å². The van der Waals surface area contributed by atoms with Crippen molar-refractivity contribution in [3.8, 4) is 0 Å². The van der Waals surface area contributed by atoms with E-state index in [2.05, 4.69) is 25.9 Å². The SMILES string of the molecule is CCC(=O)NC(C(=O)N1CCN(C)CC1)C(C)c1ccc(NC(=O)C(NC(=O)c2ccnn2C)C2CCCCC2)c(F)c1. The third kappa shape index (κ3) is 7.98. The molecule has 2 aromatic rings. The summed E-state index contributed by atoms with van der Waals surface area (Å²) in [5, 5.41) is 12.4. The van der Waals surface area contributed by atoms with Gasteiger partial charge in [0, 0.05) is 51.8 Å². The third-order valence-corrected chi connectivity index (χ3v) is 8.74. The Morgan fingerprint density at radius 3 is 2.30 bits per heavy atom. The molecule has 3 N–H and O–H groups in total. The van der Waals surface area contributed by atoms with E-state index in [4.69, 9.17) is 0 Å². The number of benzene rings is 1. The van der Waals surface area contributed by atoms with Crippen molar-refractivity contribution >= 4 is 29.3 Å². The molecule has 1 aliphatic heterocycles. The number of carbonyl (C=O) groups is 4. The van der Waals surface area contributed by atoms with Crippen LogP contribution < -0.4 is 16.0 Å². The average molecular weight is 598 g/mol. The van der Waals surface area contributed by atoms with Crippen molar-refractivity contribution in [1.29, 1.82) is 0 Å². The number of aromatic nitrogens is 2. The van der Waals surface area contributed by atoms with E-state index in [-0.39, 0.29) is 29.8 Å². The summed E-state index contributed by atoms with van der Waals surface area (Å²) in [7, 11) is 3.65. The highest BCUT2D eigenvalue weighted by Gasteiger charge is 2.34. The molecule has 0 bridgehead atoms. The van der Waals surface area contributed by atoms with Gasteiger partial charge < -0.3 is 25.8 Å². The molecule has 11 nitrogen and oxygen atoms in total. The smallest absolute Gasteiger partial charge is 0.270 e. The number of rotatable bonds is 10. The second kappa shape index (κ2) is 14.6. The zero-order valence-electron chi connectivity index (χ0n) is 25.6. The van der Waals surface area contributed by atoms with Gasteiger partial charge in [0.05, 0.1) is 5.69 Å². The molecule has 3 unspecified atom stereocenters. The molecule has 1 aliphatic carbocycles. The predicted octanol–water partition coefficient (Wildman–Crippen LogP) is 2.65. The van der Waals surface area contributed by atoms with Crippen LogP contribution in [0.15, 0.2) is 30.5 Å². The number of piperazine rings is 1. The molecule has 12 heteroatoms. The molecular formula is C31H44FN7O4. The van der Waals surface area contributed by atoms with Crippen molar-refractivity contribution in [2.45, 2.75) is 70.4 Å². The van der Waals surface area contributed by atoms with Gasteiger partial charge in [-0.05, 0) is 49.6 Å². The van der Waals surface area contributed by atoms with Gasteiger partial charge in [0.1, 0.15) is 23.6 Å². The van der Waals surface area contributed by atoms with Crippen LogP contribution in [0.2, 0.25) is 0 Å². The van der Waals surface area contributed by atoms with Crippen molar-refractivity contribution in [3.05, 3.63) is 47.5 Å². The number of hydrogen-bond donors (Lipinski definition) is 3. The third-order valence-electron chi connectivity index (χ3n) is 8.74. The Kier molecular flexibility index (Phi) is 10.9. The molecule has 0 radical (unpaired) electrons. The number of halogens is 1. The first-order valence-electron chi connectivity index (χ1n) is 15.2. The fourth-order valence-corrected chi connectivity index (χ4v) is 5.90. The highest BCUT2D eigenvalue weighted by molar-refractivity contribution is 6.00. The van der Waals surface area contributed by atoms with Crippen molar-refractivity contribution < 1.29 is 23.6 Å². The maximum atomic E-state index is 15.5. The van der Waals surface area contributed by atoms with Gasteiger partial charge >= 0.3 is 0 Å². The molecule has 2 fully saturated rings. The van der Waals surface area contributed by atoms with E-state index < -0.39 is 35.6 Å². The summed E-state index contributed by atoms with van der Waals surface area (Å²) < 4.78 is 16.9. The lowest BCUT2D eigenvalue weighted by molar-refractivity contribution is -0.138. The molecule has 0 spiro atoms. The van der Waals surface area contributed by atoms with Crippen LogP contribution in [0.25, 0.3) is 0 Å². The summed E-state index contributed by atoms with van der Waals surface area (Å²) in [5.74, 6) is -2.61. The molecule has 43 heavy (non-hydrogen) atoms. The van der Waals surface area contributed by atoms with Gasteiger partial charge in [-0.15, -0.1) is 0 Å². The molecule has 1 saturated heterocycles. The lowest BCUT2D eigenvalue weighted by Crippen LogP contribution is -2.55. The van der Waals surface area contributed by atoms with Crippen LogP contribution in [-0.2, 0) is 21.4 Å². The topological polar surface area (TPSA) is 129 Å². The summed E-state index contributed by atoms with van der Waals surface area (Å²) in [6.07, 6.45) is 6.30. The van der Waals surface area contributed by atoms with E-state index >= 15 is 4.39 Å². The minimum atomic E-state index is -0.853. The number of likely N-dealkylation sites (N-methyl/N-ethyl adjacent to an activating group) is 1. The van der Waals surface area contributed by atoms with Crippen LogP contribution in [0.1, 0.15) is 74.3 Å². The van der Waals surface area contributed by atoms with Crippen LogP contribution in [0.5, 0.6) is 0 Å². The highest BCUT2D eigenvalue weighted by atomic mass is 19.1. The standard InChI is InChI=1S/C31H44FN7O4/c1-5-26(40)35-27(31(43)39-17-15-37(3)16-18-39)20(2)22-11-12-24(23(32)19-22)34-30(42)28(21-9-7-6-8-10-21)36-29(41)25-13-14-33-38(25)4/h11-14,19-21,27-28H,5-10,15-18H2,1-4H3,(H,34,42)(H,35,40)(H,36,41). The van der Waals surface area contributed by atoms with Crippen LogP contribution in [0, 0.1) is 11.7 Å². The fourth-order valence-electron chi connectivity index (χ4n) is 5.90. The van der Waals surface area contributed by atoms with Crippen LogP contribution in [0.4, 0.5) is 10.1 Å². The summed E-state index contributed by atoms with van der Waals surface area (Å²) in [6, 6.07) is 4.32. The maximum absolute atomic E-state index is 15.5. The van der Waals surface area contributed by atoms with Gasteiger partial charge in [-0.1, -0.05) is 39.2 Å². The molecule has 234 valence electrons. The summed E-state index contributed by atoms with van der Waals surface area (Å²) >= 11 is 0. The second-order valence-corrected chi connectivity index (χ2v) is 11.7. The lowest BCUT2D eigenvalue weighted by Gasteiger charge is -2.36. The number of nitrogens with zero attached hydrogens (tertiary/aromatic N) is 4. The zero-order chi connectivity index (χ0) is 31.1. The Labute approximate surface area is 252 Å². The number of amides is 4. The minimum absolute atomic E-state index is 0.0175. The Balaban J connectivity index is 1.50. The Bertz CT molecular complexity index is 1300. The van der Waals surface area contributed by atoms with E-state index in [0.717, 1.165) is 45.2 Å². The molecular weight excluding hydrogens is 553 g/mol. The number of anilines is 1. The van der Waals surface area contributed by atoms with Gasteiger partial charge in [0.2, 0.25) is 17.7 Å². The van der Waals surface area contributed by atoms with Crippen molar-refractivity contribution in [3.63, 3.8) is 0 Å². The van der Waals surface area contributed by atoms with Crippen molar-refractivity contribution in [2.24, 2.45) is 13.0 Å². The molecule has 2 heterocycles. The van der Waals surface area contributed by atoms with Crippen LogP contribution in [0.3, 0.4) is 0 Å². The molecule has 4 rings (SSSR count). The zero-order valence-corrected chi connectivity index (χ0v) is 25.6. The first-order chi connectivity index (χ1) is 20.6. The Morgan fingerprint density at radius 1 is 1.00 bits per heavy atom. The summed E-state index contributed by atoms with van der Waals surface area (Å²) in [5.41, 5.74) is 0.831. The quantitative estimate of drug-likeness (QED) is 0.386. The van der Waals surface area contributed by atoms with Gasteiger partial charge in [0.25, 0.3) is 5.91 Å². The Morgan fingerprint density at radius 2 is 1.70 bits per heavy atom. The average Bonchev–Trinajstić information content (AvgIpc) is 3.45. The van der Waals surface area contributed by atoms with Gasteiger partial charge in [-0.25, -0.2) is 4.39 Å². The van der Waals surface area contributed by atoms with E-state index in [1.165, 1.54) is 23.0 Å². The molecule has 2 aliphatic rings. The summed E-state index contributed by atoms with van der Waals surface area (Å²) in [6.45, 7) is 6.09. The van der Waals surface area contributed by atoms with E-state index in [1.54, 1.807) is 37.9 Å². The fraction of sp³-hybridized carbons (Fsp3) is 0.581. The summed E-state index contributed by atoms with van der Waals surface area (Å²) in [4.78, 5) is 56.2. The minimum Gasteiger partial charge on any atom is -0.344 e. The van der Waals surface area contributed by atoms with E-state index in [0.29, 0.717) is 24.3 Å². The van der Waals surface area contributed by atoms with Crippen LogP contribution in [-0.4, -0.2) is 88.5 Å². The maximum Gasteiger partial charge on any atom is 0.270 e. The highest BCUT2D eigenvalue weighted by Crippen LogP contribution is 2.29. The second-order valence-electron chi connectivity index (χ2n) is 11.7. The first-order valence-corrected chi connectivity index (χ1v) is 15.2. The number of aryl methyl sites for hydroxylation is 1. The molecule has 1 aromatic heterocycles. The normalized spacial score (nSPS) is 18.4. The monoisotopic (exact) mass is 597 g/mol. The molecule has 1 aromatic carbocycles. The number of hydrogen-bond acceptors (Lipinski definition) is 6. The van der Waals surface area contributed by atoms with Gasteiger partial charge in [0.15, 0.2) is 0 Å². The van der Waals surface area contributed by atoms with Gasteiger partial charge in [-0.2, -0.15) is 5.10 Å². The molecule has 1 saturated carbocycles. The van der Waals surface area contributed by atoms with Gasteiger partial charge in [-0.3, -0.25) is 23.9 Å². The van der Waals surface area contributed by atoms with E-state index in [9.17, 15) is 19.2 Å². The lowest BCUT2D eigenvalue weighted by atomic mass is 9.83. The number of carbonyl (C=O) groups excluding carboxylic acids is 4. The molecule has 4 amide bonds. The predicted molar refractivity (Wildman–Crippen MR) is 161 cm³/mol.